The van der Waals surface area contributed by atoms with Gasteiger partial charge in [-0.3, -0.25) is 0 Å². The standard InChI is InChI=1S/C13H22N2O3S/c1-10(2)15-19(16,17)13-6-4-11(5-7-13)8-12(14)9-18-3/h4-7,10,12,15H,8-9,14H2,1-3H3. The van der Waals surface area contributed by atoms with Crippen molar-refractivity contribution >= 4 is 10.0 Å². The number of ether oxygens (including phenoxy) is 1. The van der Waals surface area contributed by atoms with E-state index in [2.05, 4.69) is 4.72 Å². The van der Waals surface area contributed by atoms with Crippen LogP contribution in [0.1, 0.15) is 19.4 Å². The number of hydrogen-bond acceptors (Lipinski definition) is 4. The van der Waals surface area contributed by atoms with E-state index < -0.39 is 10.0 Å². The number of nitrogens with two attached hydrogens (primary N) is 1. The van der Waals surface area contributed by atoms with Gasteiger partial charge >= 0.3 is 0 Å². The molecule has 0 aromatic heterocycles. The first-order chi connectivity index (χ1) is 8.85. The van der Waals surface area contributed by atoms with E-state index in [1.165, 1.54) is 0 Å². The molecular formula is C13H22N2O3S. The molecular weight excluding hydrogens is 264 g/mol. The van der Waals surface area contributed by atoms with Gasteiger partial charge in [0.1, 0.15) is 0 Å². The molecule has 1 atom stereocenters. The van der Waals surface area contributed by atoms with Crippen LogP contribution >= 0.6 is 0 Å². The summed E-state index contributed by atoms with van der Waals surface area (Å²) < 4.78 is 31.4. The molecule has 0 amide bonds. The maximum Gasteiger partial charge on any atom is 0.240 e. The van der Waals surface area contributed by atoms with E-state index in [1.807, 2.05) is 0 Å². The van der Waals surface area contributed by atoms with Crippen LogP contribution in [0.2, 0.25) is 0 Å². The molecule has 108 valence electrons. The summed E-state index contributed by atoms with van der Waals surface area (Å²) in [5, 5.41) is 0. The summed E-state index contributed by atoms with van der Waals surface area (Å²) in [5.41, 5.74) is 6.84. The Morgan fingerprint density at radius 3 is 2.32 bits per heavy atom. The molecule has 1 aromatic carbocycles. The fourth-order valence-electron chi connectivity index (χ4n) is 1.76. The highest BCUT2D eigenvalue weighted by Crippen LogP contribution is 2.12. The van der Waals surface area contributed by atoms with Gasteiger partial charge in [0.2, 0.25) is 10.0 Å². The second kappa shape index (κ2) is 7.00. The smallest absolute Gasteiger partial charge is 0.240 e. The highest BCUT2D eigenvalue weighted by Gasteiger charge is 2.15. The fraction of sp³-hybridized carbons (Fsp3) is 0.538. The average Bonchev–Trinajstić information content (AvgIpc) is 2.28. The highest BCUT2D eigenvalue weighted by atomic mass is 32.2. The lowest BCUT2D eigenvalue weighted by Gasteiger charge is -2.12. The molecule has 0 aliphatic carbocycles. The largest absolute Gasteiger partial charge is 0.383 e. The third-order valence-corrected chi connectivity index (χ3v) is 4.18. The maximum atomic E-state index is 11.9. The van der Waals surface area contributed by atoms with Crippen LogP contribution in [-0.4, -0.2) is 34.2 Å². The van der Waals surface area contributed by atoms with Crippen molar-refractivity contribution in [3.8, 4) is 0 Å². The summed E-state index contributed by atoms with van der Waals surface area (Å²) in [5.74, 6) is 0. The lowest BCUT2D eigenvalue weighted by atomic mass is 10.1. The van der Waals surface area contributed by atoms with Crippen molar-refractivity contribution in [2.24, 2.45) is 5.73 Å². The number of rotatable bonds is 7. The predicted molar refractivity (Wildman–Crippen MR) is 75.5 cm³/mol. The van der Waals surface area contributed by atoms with Crippen LogP contribution in [0.5, 0.6) is 0 Å². The predicted octanol–water partition coefficient (Wildman–Crippen LogP) is 0.890. The van der Waals surface area contributed by atoms with E-state index >= 15 is 0 Å². The minimum atomic E-state index is -3.42. The topological polar surface area (TPSA) is 81.4 Å². The summed E-state index contributed by atoms with van der Waals surface area (Å²) in [7, 11) is -1.82. The Bertz CT molecular complexity index is 483. The Balaban J connectivity index is 2.76. The fourth-order valence-corrected chi connectivity index (χ4v) is 3.01. The van der Waals surface area contributed by atoms with Crippen molar-refractivity contribution in [1.82, 2.24) is 4.72 Å². The first-order valence-electron chi connectivity index (χ1n) is 6.21. The molecule has 5 nitrogen and oxygen atoms in total. The molecule has 0 spiro atoms. The van der Waals surface area contributed by atoms with Gasteiger partial charge in [0.25, 0.3) is 0 Å². The summed E-state index contributed by atoms with van der Waals surface area (Å²) in [4.78, 5) is 0.269. The molecule has 0 saturated carbocycles. The van der Waals surface area contributed by atoms with Crippen LogP contribution in [0.3, 0.4) is 0 Å². The van der Waals surface area contributed by atoms with E-state index in [-0.39, 0.29) is 17.0 Å². The Kier molecular flexibility index (Phi) is 5.93. The van der Waals surface area contributed by atoms with Gasteiger partial charge in [0.15, 0.2) is 0 Å². The van der Waals surface area contributed by atoms with Gasteiger partial charge in [-0.15, -0.1) is 0 Å². The SMILES string of the molecule is COCC(N)Cc1ccc(S(=O)(=O)NC(C)C)cc1. The van der Waals surface area contributed by atoms with Crippen LogP contribution in [-0.2, 0) is 21.2 Å². The van der Waals surface area contributed by atoms with Crippen molar-refractivity contribution in [2.75, 3.05) is 13.7 Å². The summed E-state index contributed by atoms with van der Waals surface area (Å²) in [6, 6.07) is 6.55. The number of hydrogen-bond donors (Lipinski definition) is 2. The zero-order valence-electron chi connectivity index (χ0n) is 11.6. The second-order valence-corrected chi connectivity index (χ2v) is 6.55. The molecule has 19 heavy (non-hydrogen) atoms. The van der Waals surface area contributed by atoms with Gasteiger partial charge in [-0.2, -0.15) is 0 Å². The Morgan fingerprint density at radius 2 is 1.84 bits per heavy atom. The van der Waals surface area contributed by atoms with Crippen molar-refractivity contribution in [3.05, 3.63) is 29.8 Å². The monoisotopic (exact) mass is 286 g/mol. The quantitative estimate of drug-likeness (QED) is 0.780. The Morgan fingerprint density at radius 1 is 1.26 bits per heavy atom. The van der Waals surface area contributed by atoms with Gasteiger partial charge in [-0.05, 0) is 38.0 Å². The van der Waals surface area contributed by atoms with Gasteiger partial charge in [0.05, 0.1) is 11.5 Å². The Hall–Kier alpha value is -0.950. The molecule has 0 aliphatic heterocycles. The van der Waals surface area contributed by atoms with Crippen LogP contribution in [0, 0.1) is 0 Å². The maximum absolute atomic E-state index is 11.9. The van der Waals surface area contributed by atoms with Crippen molar-refractivity contribution in [1.29, 1.82) is 0 Å². The molecule has 0 bridgehead atoms. The first-order valence-corrected chi connectivity index (χ1v) is 7.69. The highest BCUT2D eigenvalue weighted by molar-refractivity contribution is 7.89. The van der Waals surface area contributed by atoms with Crippen molar-refractivity contribution in [3.63, 3.8) is 0 Å². The van der Waals surface area contributed by atoms with Crippen molar-refractivity contribution < 1.29 is 13.2 Å². The Labute approximate surface area is 115 Å². The zero-order valence-corrected chi connectivity index (χ0v) is 12.4. The molecule has 0 saturated heterocycles. The number of sulfonamides is 1. The van der Waals surface area contributed by atoms with Crippen molar-refractivity contribution in [2.45, 2.75) is 37.2 Å². The minimum absolute atomic E-state index is 0.0822. The summed E-state index contributed by atoms with van der Waals surface area (Å²) >= 11 is 0. The van der Waals surface area contributed by atoms with Gasteiger partial charge in [-0.1, -0.05) is 12.1 Å². The summed E-state index contributed by atoms with van der Waals surface area (Å²) in [6.45, 7) is 4.06. The molecule has 0 aliphatic rings. The van der Waals surface area contributed by atoms with E-state index in [1.54, 1.807) is 45.2 Å². The molecule has 0 heterocycles. The van der Waals surface area contributed by atoms with E-state index in [0.29, 0.717) is 13.0 Å². The van der Waals surface area contributed by atoms with Crippen LogP contribution in [0.25, 0.3) is 0 Å². The lowest BCUT2D eigenvalue weighted by molar-refractivity contribution is 0.180. The average molecular weight is 286 g/mol. The third-order valence-electron chi connectivity index (χ3n) is 2.50. The van der Waals surface area contributed by atoms with Gasteiger partial charge < -0.3 is 10.5 Å². The van der Waals surface area contributed by atoms with Crippen LogP contribution < -0.4 is 10.5 Å². The molecule has 1 unspecified atom stereocenters. The molecule has 1 aromatic rings. The number of nitrogens with one attached hydrogen (secondary N) is 1. The van der Waals surface area contributed by atoms with E-state index in [0.717, 1.165) is 5.56 Å². The number of methoxy groups -OCH3 is 1. The first kappa shape index (κ1) is 16.1. The zero-order chi connectivity index (χ0) is 14.5. The van der Waals surface area contributed by atoms with Gasteiger partial charge in [-0.25, -0.2) is 13.1 Å². The minimum Gasteiger partial charge on any atom is -0.383 e. The van der Waals surface area contributed by atoms with E-state index in [4.69, 9.17) is 10.5 Å². The van der Waals surface area contributed by atoms with E-state index in [9.17, 15) is 8.42 Å². The molecule has 1 rings (SSSR count). The summed E-state index contributed by atoms with van der Waals surface area (Å²) in [6.07, 6.45) is 0.659. The second-order valence-electron chi connectivity index (χ2n) is 4.84. The van der Waals surface area contributed by atoms with Crippen LogP contribution in [0.4, 0.5) is 0 Å². The van der Waals surface area contributed by atoms with Gasteiger partial charge in [0, 0.05) is 19.2 Å². The van der Waals surface area contributed by atoms with Crippen LogP contribution in [0.15, 0.2) is 29.2 Å². The lowest BCUT2D eigenvalue weighted by Crippen LogP contribution is -2.30. The normalized spacial score (nSPS) is 13.7. The molecule has 3 N–H and O–H groups in total. The molecule has 6 heteroatoms. The third kappa shape index (κ3) is 5.28. The molecule has 0 radical (unpaired) electrons. The molecule has 0 fully saturated rings. The number of benzene rings is 1.